The summed E-state index contributed by atoms with van der Waals surface area (Å²) < 4.78 is 0. The van der Waals surface area contributed by atoms with E-state index in [0.29, 0.717) is 5.92 Å². The lowest BCUT2D eigenvalue weighted by Gasteiger charge is -2.07. The first-order chi connectivity index (χ1) is 6.85. The number of unbranched alkanes of at least 4 members (excludes halogenated alkanes) is 1. The summed E-state index contributed by atoms with van der Waals surface area (Å²) in [7, 11) is 0. The normalized spacial score (nSPS) is 13.3. The molecule has 0 saturated carbocycles. The van der Waals surface area contributed by atoms with Gasteiger partial charge in [0.15, 0.2) is 0 Å². The van der Waals surface area contributed by atoms with Crippen molar-refractivity contribution >= 4 is 0 Å². The van der Waals surface area contributed by atoms with Crippen LogP contribution in [0.3, 0.4) is 0 Å². The molecule has 0 rings (SSSR count). The fraction of sp³-hybridized carbons (Fsp3) is 0.667. The molecule has 14 heavy (non-hydrogen) atoms. The molecular formula is C12H22O2. The summed E-state index contributed by atoms with van der Waals surface area (Å²) in [6.45, 7) is 4.25. The first kappa shape index (κ1) is 13.4. The van der Waals surface area contributed by atoms with Crippen molar-refractivity contribution in [3.05, 3.63) is 24.8 Å². The Morgan fingerprint density at radius 2 is 1.71 bits per heavy atom. The van der Waals surface area contributed by atoms with Crippen molar-refractivity contribution in [1.29, 1.82) is 0 Å². The third-order valence-electron chi connectivity index (χ3n) is 2.23. The van der Waals surface area contributed by atoms with Crippen molar-refractivity contribution in [3.8, 4) is 0 Å². The van der Waals surface area contributed by atoms with Crippen molar-refractivity contribution in [2.24, 2.45) is 5.92 Å². The molecule has 0 bridgehead atoms. The van der Waals surface area contributed by atoms with Gasteiger partial charge in [0.25, 0.3) is 0 Å². The van der Waals surface area contributed by atoms with Crippen LogP contribution in [0.1, 0.15) is 32.1 Å². The molecule has 0 spiro atoms. The van der Waals surface area contributed by atoms with Crippen LogP contribution in [0.2, 0.25) is 0 Å². The second kappa shape index (κ2) is 10.5. The zero-order valence-corrected chi connectivity index (χ0v) is 8.86. The third kappa shape index (κ3) is 8.02. The van der Waals surface area contributed by atoms with Crippen LogP contribution in [0.5, 0.6) is 0 Å². The van der Waals surface area contributed by atoms with E-state index in [1.165, 1.54) is 0 Å². The molecule has 0 heterocycles. The molecule has 0 aromatic carbocycles. The van der Waals surface area contributed by atoms with E-state index in [9.17, 15) is 0 Å². The summed E-state index contributed by atoms with van der Waals surface area (Å²) in [5.41, 5.74) is 0. The van der Waals surface area contributed by atoms with Gasteiger partial charge in [0.1, 0.15) is 0 Å². The Balaban J connectivity index is 3.40. The number of rotatable bonds is 9. The maximum absolute atomic E-state index is 8.75. The molecule has 1 unspecified atom stereocenters. The largest absolute Gasteiger partial charge is 0.396 e. The molecular weight excluding hydrogens is 176 g/mol. The van der Waals surface area contributed by atoms with Gasteiger partial charge in [-0.15, -0.1) is 6.58 Å². The molecule has 2 N–H and O–H groups in total. The highest BCUT2D eigenvalue weighted by Crippen LogP contribution is 2.12. The van der Waals surface area contributed by atoms with Crippen molar-refractivity contribution < 1.29 is 10.2 Å². The van der Waals surface area contributed by atoms with Gasteiger partial charge in [-0.3, -0.25) is 0 Å². The minimum atomic E-state index is 0.241. The first-order valence-corrected chi connectivity index (χ1v) is 5.34. The van der Waals surface area contributed by atoms with Crippen LogP contribution in [-0.2, 0) is 0 Å². The van der Waals surface area contributed by atoms with E-state index in [1.54, 1.807) is 0 Å². The zero-order valence-electron chi connectivity index (χ0n) is 8.86. The Morgan fingerprint density at radius 3 is 2.29 bits per heavy atom. The fourth-order valence-corrected chi connectivity index (χ4v) is 1.30. The van der Waals surface area contributed by atoms with Crippen molar-refractivity contribution in [3.63, 3.8) is 0 Å². The van der Waals surface area contributed by atoms with Gasteiger partial charge in [0.2, 0.25) is 0 Å². The van der Waals surface area contributed by atoms with E-state index in [-0.39, 0.29) is 13.2 Å². The molecule has 0 aliphatic carbocycles. The van der Waals surface area contributed by atoms with Crippen LogP contribution in [0, 0.1) is 5.92 Å². The lowest BCUT2D eigenvalue weighted by molar-refractivity contribution is 0.267. The van der Waals surface area contributed by atoms with Crippen molar-refractivity contribution in [2.45, 2.75) is 32.1 Å². The Kier molecular flexibility index (Phi) is 10.0. The number of hydrogen-bond acceptors (Lipinski definition) is 2. The standard InChI is InChI=1S/C12H22O2/c1-2-12(9-11-14)8-6-4-3-5-7-10-13/h2-4,12-14H,1,5-11H2/b4-3+. The highest BCUT2D eigenvalue weighted by Gasteiger charge is 2.00. The minimum absolute atomic E-state index is 0.241. The van der Waals surface area contributed by atoms with Gasteiger partial charge in [-0.1, -0.05) is 18.2 Å². The van der Waals surface area contributed by atoms with Crippen LogP contribution in [0.4, 0.5) is 0 Å². The predicted molar refractivity (Wildman–Crippen MR) is 60.1 cm³/mol. The molecule has 0 radical (unpaired) electrons. The van der Waals surface area contributed by atoms with Crippen molar-refractivity contribution in [2.75, 3.05) is 13.2 Å². The quantitative estimate of drug-likeness (QED) is 0.441. The molecule has 0 fully saturated rings. The molecule has 2 nitrogen and oxygen atoms in total. The maximum Gasteiger partial charge on any atom is 0.0436 e. The molecule has 0 saturated heterocycles. The summed E-state index contributed by atoms with van der Waals surface area (Å²) in [5.74, 6) is 0.433. The molecule has 1 atom stereocenters. The molecule has 0 aromatic rings. The molecule has 2 heteroatoms. The van der Waals surface area contributed by atoms with Crippen LogP contribution in [0.25, 0.3) is 0 Å². The van der Waals surface area contributed by atoms with E-state index < -0.39 is 0 Å². The highest BCUT2D eigenvalue weighted by atomic mass is 16.3. The summed E-state index contributed by atoms with van der Waals surface area (Å²) in [6, 6.07) is 0. The van der Waals surface area contributed by atoms with Gasteiger partial charge >= 0.3 is 0 Å². The minimum Gasteiger partial charge on any atom is -0.396 e. The van der Waals surface area contributed by atoms with Gasteiger partial charge in [0, 0.05) is 13.2 Å². The second-order valence-electron chi connectivity index (χ2n) is 3.42. The van der Waals surface area contributed by atoms with Crippen LogP contribution in [0.15, 0.2) is 24.8 Å². The summed E-state index contributed by atoms with van der Waals surface area (Å²) in [4.78, 5) is 0. The number of aliphatic hydroxyl groups is 2. The molecule has 0 aromatic heterocycles. The van der Waals surface area contributed by atoms with Crippen LogP contribution >= 0.6 is 0 Å². The van der Waals surface area contributed by atoms with E-state index in [4.69, 9.17) is 10.2 Å². The molecule has 0 aliphatic rings. The summed E-state index contributed by atoms with van der Waals surface area (Å²) >= 11 is 0. The average Bonchev–Trinajstić information content (AvgIpc) is 2.21. The van der Waals surface area contributed by atoms with E-state index in [0.717, 1.165) is 32.1 Å². The van der Waals surface area contributed by atoms with Gasteiger partial charge in [0.05, 0.1) is 0 Å². The third-order valence-corrected chi connectivity index (χ3v) is 2.23. The molecule has 82 valence electrons. The van der Waals surface area contributed by atoms with Gasteiger partial charge in [-0.2, -0.15) is 0 Å². The van der Waals surface area contributed by atoms with Crippen LogP contribution < -0.4 is 0 Å². The Labute approximate surface area is 87.0 Å². The van der Waals surface area contributed by atoms with Gasteiger partial charge in [-0.25, -0.2) is 0 Å². The number of aliphatic hydroxyl groups excluding tert-OH is 2. The average molecular weight is 198 g/mol. The monoisotopic (exact) mass is 198 g/mol. The summed E-state index contributed by atoms with van der Waals surface area (Å²) in [6.07, 6.45) is 10.9. The Bertz CT molecular complexity index is 152. The highest BCUT2D eigenvalue weighted by molar-refractivity contribution is 4.85. The van der Waals surface area contributed by atoms with E-state index in [1.807, 2.05) is 6.08 Å². The first-order valence-electron chi connectivity index (χ1n) is 5.34. The zero-order chi connectivity index (χ0) is 10.6. The molecule has 0 amide bonds. The van der Waals surface area contributed by atoms with Gasteiger partial charge < -0.3 is 10.2 Å². The lowest BCUT2D eigenvalue weighted by Crippen LogP contribution is -1.98. The second-order valence-corrected chi connectivity index (χ2v) is 3.42. The Morgan fingerprint density at radius 1 is 1.00 bits per heavy atom. The van der Waals surface area contributed by atoms with E-state index in [2.05, 4.69) is 18.7 Å². The lowest BCUT2D eigenvalue weighted by atomic mass is 10.00. The van der Waals surface area contributed by atoms with Gasteiger partial charge in [-0.05, 0) is 38.0 Å². The maximum atomic E-state index is 8.75. The van der Waals surface area contributed by atoms with Crippen LogP contribution in [-0.4, -0.2) is 23.4 Å². The predicted octanol–water partition coefficient (Wildman–Crippen LogP) is 2.28. The topological polar surface area (TPSA) is 40.5 Å². The van der Waals surface area contributed by atoms with Crippen molar-refractivity contribution in [1.82, 2.24) is 0 Å². The Hall–Kier alpha value is -0.600. The summed E-state index contributed by atoms with van der Waals surface area (Å²) in [5, 5.41) is 17.3. The molecule has 0 aliphatic heterocycles. The SMILES string of the molecule is C=CC(CCO)CC/C=C/CCCO. The fourth-order valence-electron chi connectivity index (χ4n) is 1.30. The number of hydrogen-bond donors (Lipinski definition) is 2. The number of allylic oxidation sites excluding steroid dienone is 3. The van der Waals surface area contributed by atoms with E-state index >= 15 is 0 Å². The smallest absolute Gasteiger partial charge is 0.0436 e.